The first-order valence-corrected chi connectivity index (χ1v) is 8.49. The third-order valence-corrected chi connectivity index (χ3v) is 3.99. The van der Waals surface area contributed by atoms with Crippen LogP contribution in [-0.4, -0.2) is 7.05 Å². The summed E-state index contributed by atoms with van der Waals surface area (Å²) in [5.41, 5.74) is 9.28. The zero-order valence-corrected chi connectivity index (χ0v) is 15.7. The van der Waals surface area contributed by atoms with Crippen molar-refractivity contribution in [3.8, 4) is 0 Å². The third-order valence-electron chi connectivity index (χ3n) is 3.99. The summed E-state index contributed by atoms with van der Waals surface area (Å²) in [6, 6.07) is 13.6. The Morgan fingerprint density at radius 3 is 2.21 bits per heavy atom. The Bertz CT molecular complexity index is 682. The molecule has 0 fully saturated rings. The van der Waals surface area contributed by atoms with E-state index in [1.807, 2.05) is 7.05 Å². The second-order valence-corrected chi connectivity index (χ2v) is 6.30. The molecule has 1 N–H and O–H groups in total. The van der Waals surface area contributed by atoms with Crippen LogP contribution in [0, 0.1) is 13.8 Å². The van der Waals surface area contributed by atoms with E-state index in [0.717, 1.165) is 25.0 Å². The number of allylic oxidation sites excluding steroid dienone is 1. The summed E-state index contributed by atoms with van der Waals surface area (Å²) in [7, 11) is 1.99. The molecule has 0 aliphatic heterocycles. The van der Waals surface area contributed by atoms with Gasteiger partial charge in [-0.05, 0) is 62.9 Å². The lowest BCUT2D eigenvalue weighted by Crippen LogP contribution is -2.06. The molecule has 128 valence electrons. The van der Waals surface area contributed by atoms with Crippen molar-refractivity contribution in [2.45, 2.75) is 40.2 Å². The van der Waals surface area contributed by atoms with Crippen molar-refractivity contribution < 1.29 is 0 Å². The maximum absolute atomic E-state index is 4.13. The highest BCUT2D eigenvalue weighted by Gasteiger charge is 2.05. The Morgan fingerprint density at radius 2 is 1.58 bits per heavy atom. The quantitative estimate of drug-likeness (QED) is 0.679. The average Bonchev–Trinajstić information content (AvgIpc) is 2.55. The normalized spacial score (nSPS) is 10.0. The summed E-state index contributed by atoms with van der Waals surface area (Å²) in [6.45, 7) is 17.5. The number of rotatable bonds is 6. The van der Waals surface area contributed by atoms with Crippen LogP contribution in [0.25, 0.3) is 5.57 Å². The highest BCUT2D eigenvalue weighted by molar-refractivity contribution is 5.65. The summed E-state index contributed by atoms with van der Waals surface area (Å²) in [5.74, 6) is 0. The van der Waals surface area contributed by atoms with Gasteiger partial charge in [0.25, 0.3) is 0 Å². The first-order chi connectivity index (χ1) is 11.5. The van der Waals surface area contributed by atoms with Crippen LogP contribution in [0.1, 0.15) is 40.3 Å². The molecule has 2 rings (SSSR count). The molecule has 0 saturated heterocycles. The van der Waals surface area contributed by atoms with E-state index in [4.69, 9.17) is 0 Å². The van der Waals surface area contributed by atoms with E-state index in [2.05, 4.69) is 82.2 Å². The zero-order chi connectivity index (χ0) is 18.1. The summed E-state index contributed by atoms with van der Waals surface area (Å²) in [6.07, 6.45) is 2.13. The third kappa shape index (κ3) is 5.82. The molecule has 0 bridgehead atoms. The maximum atomic E-state index is 4.13. The Morgan fingerprint density at radius 1 is 0.917 bits per heavy atom. The highest BCUT2D eigenvalue weighted by Crippen LogP contribution is 2.21. The molecule has 0 radical (unpaired) electrons. The van der Waals surface area contributed by atoms with Gasteiger partial charge < -0.3 is 5.32 Å². The van der Waals surface area contributed by atoms with Gasteiger partial charge in [-0.2, -0.15) is 0 Å². The monoisotopic (exact) mass is 321 g/mol. The summed E-state index contributed by atoms with van der Waals surface area (Å²) in [4.78, 5) is 0. The Balaban J connectivity index is 0.00000139. The average molecular weight is 322 g/mol. The zero-order valence-electron chi connectivity index (χ0n) is 15.7. The van der Waals surface area contributed by atoms with Gasteiger partial charge in [0.2, 0.25) is 0 Å². The fourth-order valence-electron chi connectivity index (χ4n) is 2.98. The summed E-state index contributed by atoms with van der Waals surface area (Å²) in [5, 5.41) is 3.23. The minimum absolute atomic E-state index is 0.927. The molecule has 0 aliphatic rings. The van der Waals surface area contributed by atoms with Crippen molar-refractivity contribution in [2.75, 3.05) is 7.05 Å². The smallest absolute Gasteiger partial charge is 0.0202 e. The van der Waals surface area contributed by atoms with Crippen molar-refractivity contribution in [1.29, 1.82) is 0 Å². The van der Waals surface area contributed by atoms with Crippen molar-refractivity contribution in [3.63, 3.8) is 0 Å². The molecular weight excluding hydrogens is 290 g/mol. The predicted octanol–water partition coefficient (Wildman–Crippen LogP) is 5.64. The van der Waals surface area contributed by atoms with Gasteiger partial charge in [0.05, 0.1) is 0 Å². The van der Waals surface area contributed by atoms with Crippen molar-refractivity contribution in [2.24, 2.45) is 0 Å². The van der Waals surface area contributed by atoms with E-state index < -0.39 is 0 Å². The standard InChI is InChI=1S/C21H27N.C2H4/c1-15(2)21-12-16(3)6-8-20(21)9-7-18-10-17(4)11-19(13-18)14-22-5;1-2/h6,8,10-13,22H,1,7,9,14H2,2-5H3;1-2H2. The minimum Gasteiger partial charge on any atom is -0.316 e. The van der Waals surface area contributed by atoms with Crippen LogP contribution in [-0.2, 0) is 19.4 Å². The Hall–Kier alpha value is -2.12. The van der Waals surface area contributed by atoms with E-state index >= 15 is 0 Å². The van der Waals surface area contributed by atoms with Gasteiger partial charge in [-0.25, -0.2) is 0 Å². The fraction of sp³-hybridized carbons (Fsp3) is 0.304. The van der Waals surface area contributed by atoms with Crippen molar-refractivity contribution in [1.82, 2.24) is 5.32 Å². The van der Waals surface area contributed by atoms with E-state index in [1.165, 1.54) is 33.4 Å². The van der Waals surface area contributed by atoms with E-state index in [-0.39, 0.29) is 0 Å². The molecule has 0 heterocycles. The second kappa shape index (κ2) is 9.89. The minimum atomic E-state index is 0.927. The molecule has 2 aromatic carbocycles. The topological polar surface area (TPSA) is 12.0 Å². The molecule has 0 atom stereocenters. The van der Waals surface area contributed by atoms with Crippen molar-refractivity contribution in [3.05, 3.63) is 89.5 Å². The van der Waals surface area contributed by atoms with Crippen molar-refractivity contribution >= 4 is 5.57 Å². The summed E-state index contributed by atoms with van der Waals surface area (Å²) < 4.78 is 0. The van der Waals surface area contributed by atoms with Gasteiger partial charge in [0.1, 0.15) is 0 Å². The lowest BCUT2D eigenvalue weighted by molar-refractivity contribution is 0.813. The predicted molar refractivity (Wildman–Crippen MR) is 108 cm³/mol. The van der Waals surface area contributed by atoms with Gasteiger partial charge in [-0.15, -0.1) is 13.2 Å². The van der Waals surface area contributed by atoms with Crippen LogP contribution in [0.5, 0.6) is 0 Å². The lowest BCUT2D eigenvalue weighted by atomic mass is 9.94. The van der Waals surface area contributed by atoms with Gasteiger partial charge in [-0.3, -0.25) is 0 Å². The van der Waals surface area contributed by atoms with Crippen LogP contribution in [0.4, 0.5) is 0 Å². The molecule has 0 aromatic heterocycles. The molecule has 0 saturated carbocycles. The van der Waals surface area contributed by atoms with Crippen LogP contribution in [0.3, 0.4) is 0 Å². The Labute approximate surface area is 148 Å². The van der Waals surface area contributed by atoms with E-state index in [1.54, 1.807) is 0 Å². The molecule has 0 aliphatic carbocycles. The maximum Gasteiger partial charge on any atom is 0.0202 e. The van der Waals surface area contributed by atoms with Gasteiger partial charge >= 0.3 is 0 Å². The van der Waals surface area contributed by atoms with Crippen LogP contribution < -0.4 is 5.32 Å². The number of hydrogen-bond acceptors (Lipinski definition) is 1. The molecule has 2 aromatic rings. The van der Waals surface area contributed by atoms with Gasteiger partial charge in [0.15, 0.2) is 0 Å². The number of nitrogens with one attached hydrogen (secondary N) is 1. The first kappa shape index (κ1) is 19.9. The van der Waals surface area contributed by atoms with Crippen LogP contribution in [0.2, 0.25) is 0 Å². The molecule has 0 spiro atoms. The number of aryl methyl sites for hydroxylation is 4. The number of benzene rings is 2. The van der Waals surface area contributed by atoms with Crippen LogP contribution >= 0.6 is 0 Å². The molecule has 0 amide bonds. The Kier molecular flexibility index (Phi) is 8.21. The number of hydrogen-bond donors (Lipinski definition) is 1. The van der Waals surface area contributed by atoms with Crippen LogP contribution in [0.15, 0.2) is 56.1 Å². The van der Waals surface area contributed by atoms with Gasteiger partial charge in [-0.1, -0.05) is 59.7 Å². The molecule has 1 nitrogen and oxygen atoms in total. The fourth-order valence-corrected chi connectivity index (χ4v) is 2.98. The van der Waals surface area contributed by atoms with E-state index in [9.17, 15) is 0 Å². The second-order valence-electron chi connectivity index (χ2n) is 6.30. The molecular formula is C23H31N. The molecule has 24 heavy (non-hydrogen) atoms. The first-order valence-electron chi connectivity index (χ1n) is 8.49. The van der Waals surface area contributed by atoms with E-state index in [0.29, 0.717) is 0 Å². The molecule has 1 heteroatoms. The largest absolute Gasteiger partial charge is 0.316 e. The summed E-state index contributed by atoms with van der Waals surface area (Å²) >= 11 is 0. The SMILES string of the molecule is C=C.C=C(C)c1cc(C)ccc1CCc1cc(C)cc(CNC)c1. The van der Waals surface area contributed by atoms with Gasteiger partial charge in [0, 0.05) is 6.54 Å². The lowest BCUT2D eigenvalue weighted by Gasteiger charge is -2.12. The molecule has 0 unspecified atom stereocenters. The highest BCUT2D eigenvalue weighted by atomic mass is 14.8.